The minimum absolute atomic E-state index is 0.127. The number of amides is 1. The van der Waals surface area contributed by atoms with E-state index in [-0.39, 0.29) is 11.8 Å². The van der Waals surface area contributed by atoms with Crippen molar-refractivity contribution in [3.63, 3.8) is 0 Å². The predicted molar refractivity (Wildman–Crippen MR) is 109 cm³/mol. The number of hydrogen-bond acceptors (Lipinski definition) is 5. The van der Waals surface area contributed by atoms with Crippen molar-refractivity contribution in [3.05, 3.63) is 70.2 Å². The SMILES string of the molecule is Cc1ccccc1Nc1nccc([C@@H]2CCCN(C(=O)c3cccs3)C2)n1. The fourth-order valence-corrected chi connectivity index (χ4v) is 4.14. The minimum atomic E-state index is 0.127. The zero-order valence-electron chi connectivity index (χ0n) is 15.3. The molecule has 4 rings (SSSR count). The summed E-state index contributed by atoms with van der Waals surface area (Å²) in [7, 11) is 0. The first-order valence-corrected chi connectivity index (χ1v) is 10.1. The molecule has 3 heterocycles. The van der Waals surface area contributed by atoms with E-state index in [1.54, 1.807) is 6.20 Å². The van der Waals surface area contributed by atoms with Crippen molar-refractivity contribution in [1.29, 1.82) is 0 Å². The minimum Gasteiger partial charge on any atom is -0.337 e. The molecule has 0 unspecified atom stereocenters. The Morgan fingerprint density at radius 2 is 2.11 bits per heavy atom. The number of carbonyl (C=O) groups is 1. The Hall–Kier alpha value is -2.73. The number of rotatable bonds is 4. The molecule has 3 aromatic rings. The molecule has 1 aliphatic rings. The molecule has 1 fully saturated rings. The summed E-state index contributed by atoms with van der Waals surface area (Å²) in [6.07, 6.45) is 3.82. The van der Waals surface area contributed by atoms with Gasteiger partial charge in [0.2, 0.25) is 5.95 Å². The van der Waals surface area contributed by atoms with Crippen molar-refractivity contribution >= 4 is 28.9 Å². The number of anilines is 2. The Bertz CT molecular complexity index is 925. The average molecular weight is 379 g/mol. The first kappa shape index (κ1) is 17.7. The second-order valence-electron chi connectivity index (χ2n) is 6.81. The number of aromatic nitrogens is 2. The van der Waals surface area contributed by atoms with Crippen molar-refractivity contribution in [1.82, 2.24) is 14.9 Å². The van der Waals surface area contributed by atoms with Gasteiger partial charge in [-0.15, -0.1) is 11.3 Å². The largest absolute Gasteiger partial charge is 0.337 e. The molecule has 138 valence electrons. The van der Waals surface area contributed by atoms with Crippen LogP contribution in [0.2, 0.25) is 0 Å². The van der Waals surface area contributed by atoms with Gasteiger partial charge in [-0.3, -0.25) is 4.79 Å². The summed E-state index contributed by atoms with van der Waals surface area (Å²) in [5, 5.41) is 5.25. The van der Waals surface area contributed by atoms with Crippen LogP contribution in [0.15, 0.2) is 54.0 Å². The molecule has 0 bridgehead atoms. The van der Waals surface area contributed by atoms with Gasteiger partial charge in [0.1, 0.15) is 0 Å². The molecule has 0 radical (unpaired) electrons. The summed E-state index contributed by atoms with van der Waals surface area (Å²) in [4.78, 5) is 24.5. The third-order valence-corrected chi connectivity index (χ3v) is 5.79. The molecule has 0 spiro atoms. The third kappa shape index (κ3) is 4.01. The predicted octanol–water partition coefficient (Wildman–Crippen LogP) is 4.61. The number of hydrogen-bond donors (Lipinski definition) is 1. The number of thiophene rings is 1. The van der Waals surface area contributed by atoms with Crippen molar-refractivity contribution in [2.24, 2.45) is 0 Å². The Morgan fingerprint density at radius 1 is 1.22 bits per heavy atom. The molecule has 1 aromatic carbocycles. The van der Waals surface area contributed by atoms with Crippen molar-refractivity contribution in [2.45, 2.75) is 25.7 Å². The van der Waals surface area contributed by atoms with Gasteiger partial charge in [-0.05, 0) is 48.9 Å². The zero-order chi connectivity index (χ0) is 18.6. The smallest absolute Gasteiger partial charge is 0.263 e. The second kappa shape index (κ2) is 7.88. The van der Waals surface area contributed by atoms with Crippen LogP contribution < -0.4 is 5.32 Å². The average Bonchev–Trinajstić information content (AvgIpc) is 3.24. The van der Waals surface area contributed by atoms with Gasteiger partial charge in [-0.25, -0.2) is 9.97 Å². The fraction of sp³-hybridized carbons (Fsp3) is 0.286. The highest BCUT2D eigenvalue weighted by Crippen LogP contribution is 2.28. The number of piperidine rings is 1. The lowest BCUT2D eigenvalue weighted by atomic mass is 9.94. The van der Waals surface area contributed by atoms with Gasteiger partial charge < -0.3 is 10.2 Å². The van der Waals surface area contributed by atoms with Crippen LogP contribution in [0.3, 0.4) is 0 Å². The Morgan fingerprint density at radius 3 is 2.93 bits per heavy atom. The van der Waals surface area contributed by atoms with Crippen LogP contribution in [0, 0.1) is 6.92 Å². The highest BCUT2D eigenvalue weighted by atomic mass is 32.1. The maximum absolute atomic E-state index is 12.7. The molecule has 0 saturated carbocycles. The summed E-state index contributed by atoms with van der Waals surface area (Å²) in [6.45, 7) is 3.57. The van der Waals surface area contributed by atoms with Crippen LogP contribution in [0.4, 0.5) is 11.6 Å². The van der Waals surface area contributed by atoms with Crippen molar-refractivity contribution in [2.75, 3.05) is 18.4 Å². The van der Waals surface area contributed by atoms with E-state index in [4.69, 9.17) is 4.98 Å². The van der Waals surface area contributed by atoms with Gasteiger partial charge in [-0.2, -0.15) is 0 Å². The van der Waals surface area contributed by atoms with Gasteiger partial charge in [0.05, 0.1) is 10.6 Å². The molecule has 5 nitrogen and oxygen atoms in total. The molecule has 6 heteroatoms. The second-order valence-corrected chi connectivity index (χ2v) is 7.76. The van der Waals surface area contributed by atoms with Crippen LogP contribution in [0.1, 0.15) is 39.7 Å². The van der Waals surface area contributed by atoms with Crippen LogP contribution in [0.25, 0.3) is 0 Å². The lowest BCUT2D eigenvalue weighted by Gasteiger charge is -2.32. The number of nitrogens with one attached hydrogen (secondary N) is 1. The van der Waals surface area contributed by atoms with Gasteiger partial charge >= 0.3 is 0 Å². The van der Waals surface area contributed by atoms with E-state index in [0.717, 1.165) is 41.2 Å². The molecule has 1 aliphatic heterocycles. The topological polar surface area (TPSA) is 58.1 Å². The van der Waals surface area contributed by atoms with Crippen LogP contribution in [0.5, 0.6) is 0 Å². The number of likely N-dealkylation sites (tertiary alicyclic amines) is 1. The van der Waals surface area contributed by atoms with Crippen molar-refractivity contribution in [3.8, 4) is 0 Å². The summed E-state index contributed by atoms with van der Waals surface area (Å²) >= 11 is 1.50. The summed E-state index contributed by atoms with van der Waals surface area (Å²) in [5.74, 6) is 0.966. The fourth-order valence-electron chi connectivity index (χ4n) is 3.45. The highest BCUT2D eigenvalue weighted by Gasteiger charge is 2.27. The van der Waals surface area contributed by atoms with Crippen LogP contribution in [-0.4, -0.2) is 33.9 Å². The normalized spacial score (nSPS) is 16.9. The zero-order valence-corrected chi connectivity index (χ0v) is 16.1. The number of benzene rings is 1. The molecule has 1 amide bonds. The molecule has 1 saturated heterocycles. The molecule has 1 atom stereocenters. The van der Waals surface area contributed by atoms with Gasteiger partial charge in [-0.1, -0.05) is 24.3 Å². The Balaban J connectivity index is 1.50. The van der Waals surface area contributed by atoms with Crippen LogP contribution in [-0.2, 0) is 0 Å². The molecule has 0 aliphatic carbocycles. The summed E-state index contributed by atoms with van der Waals surface area (Å²) in [5.41, 5.74) is 3.15. The van der Waals surface area contributed by atoms with E-state index < -0.39 is 0 Å². The highest BCUT2D eigenvalue weighted by molar-refractivity contribution is 7.12. The molecule has 2 aromatic heterocycles. The van der Waals surface area contributed by atoms with Gasteiger partial charge in [0.15, 0.2) is 0 Å². The Labute approximate surface area is 163 Å². The molecule has 1 N–H and O–H groups in total. The van der Waals surface area contributed by atoms with E-state index in [1.165, 1.54) is 11.3 Å². The van der Waals surface area contributed by atoms with E-state index in [2.05, 4.69) is 23.3 Å². The Kier molecular flexibility index (Phi) is 5.16. The quantitative estimate of drug-likeness (QED) is 0.720. The monoisotopic (exact) mass is 378 g/mol. The van der Waals surface area contributed by atoms with Gasteiger partial charge in [0.25, 0.3) is 5.91 Å². The first-order chi connectivity index (χ1) is 13.2. The van der Waals surface area contributed by atoms with Gasteiger partial charge in [0, 0.05) is 30.9 Å². The third-order valence-electron chi connectivity index (χ3n) is 4.93. The number of para-hydroxylation sites is 1. The number of nitrogens with zero attached hydrogens (tertiary/aromatic N) is 3. The number of carbonyl (C=O) groups excluding carboxylic acids is 1. The lowest BCUT2D eigenvalue weighted by molar-refractivity contribution is 0.0711. The lowest BCUT2D eigenvalue weighted by Crippen LogP contribution is -2.39. The maximum atomic E-state index is 12.7. The first-order valence-electron chi connectivity index (χ1n) is 9.19. The molecule has 27 heavy (non-hydrogen) atoms. The number of aryl methyl sites for hydroxylation is 1. The van der Waals surface area contributed by atoms with E-state index >= 15 is 0 Å². The maximum Gasteiger partial charge on any atom is 0.263 e. The van der Waals surface area contributed by atoms with E-state index in [9.17, 15) is 4.79 Å². The molecular weight excluding hydrogens is 356 g/mol. The van der Waals surface area contributed by atoms with E-state index in [0.29, 0.717) is 12.5 Å². The molecular formula is C21H22N4OS. The summed E-state index contributed by atoms with van der Waals surface area (Å²) in [6, 6.07) is 13.9. The van der Waals surface area contributed by atoms with E-state index in [1.807, 2.05) is 46.7 Å². The van der Waals surface area contributed by atoms with Crippen LogP contribution >= 0.6 is 11.3 Å². The van der Waals surface area contributed by atoms with Crippen molar-refractivity contribution < 1.29 is 4.79 Å². The standard InChI is InChI=1S/C21H22N4OS/c1-15-6-2-3-8-17(15)23-21-22-11-10-18(24-21)16-7-4-12-25(14-16)20(26)19-9-5-13-27-19/h2-3,5-6,8-11,13,16H,4,7,12,14H2,1H3,(H,22,23,24)/t16-/m1/s1. The summed E-state index contributed by atoms with van der Waals surface area (Å²) < 4.78 is 0.